The maximum atomic E-state index is 4.40. The third-order valence-corrected chi connectivity index (χ3v) is 2.78. The quantitative estimate of drug-likeness (QED) is 0.644. The Labute approximate surface area is 80.1 Å². The molecule has 0 radical (unpaired) electrons. The van der Waals surface area contributed by atoms with E-state index in [1.54, 1.807) is 5.57 Å². The van der Waals surface area contributed by atoms with E-state index in [0.717, 1.165) is 19.5 Å². The molecule has 0 fully saturated rings. The van der Waals surface area contributed by atoms with Crippen molar-refractivity contribution >= 4 is 5.84 Å². The lowest BCUT2D eigenvalue weighted by Gasteiger charge is -2.13. The van der Waals surface area contributed by atoms with Gasteiger partial charge in [0.25, 0.3) is 0 Å². The van der Waals surface area contributed by atoms with Gasteiger partial charge in [-0.25, -0.2) is 0 Å². The predicted molar refractivity (Wildman–Crippen MR) is 56.1 cm³/mol. The topological polar surface area (TPSA) is 24.4 Å². The van der Waals surface area contributed by atoms with E-state index >= 15 is 0 Å². The zero-order chi connectivity index (χ0) is 8.93. The molecule has 1 aliphatic carbocycles. The van der Waals surface area contributed by atoms with Crippen molar-refractivity contribution in [1.29, 1.82) is 0 Å². The van der Waals surface area contributed by atoms with Gasteiger partial charge in [-0.3, -0.25) is 4.99 Å². The van der Waals surface area contributed by atoms with Gasteiger partial charge in [-0.2, -0.15) is 0 Å². The van der Waals surface area contributed by atoms with Crippen LogP contribution in [0.5, 0.6) is 0 Å². The van der Waals surface area contributed by atoms with Crippen LogP contribution in [0.3, 0.4) is 0 Å². The first-order valence-corrected chi connectivity index (χ1v) is 5.40. The number of nitrogens with zero attached hydrogens (tertiary/aromatic N) is 1. The van der Waals surface area contributed by atoms with Gasteiger partial charge in [-0.1, -0.05) is 11.6 Å². The van der Waals surface area contributed by atoms with Crippen LogP contribution in [0.1, 0.15) is 38.5 Å². The smallest absolute Gasteiger partial charge is 0.0966 e. The van der Waals surface area contributed by atoms with E-state index in [9.17, 15) is 0 Å². The first-order valence-electron chi connectivity index (χ1n) is 5.40. The molecule has 2 aliphatic rings. The van der Waals surface area contributed by atoms with E-state index in [0.29, 0.717) is 0 Å². The molecule has 0 aromatic rings. The molecule has 0 atom stereocenters. The highest BCUT2D eigenvalue weighted by atomic mass is 15.0. The minimum atomic E-state index is 1.03. The van der Waals surface area contributed by atoms with Crippen molar-refractivity contribution in [2.24, 2.45) is 4.99 Å². The third-order valence-electron chi connectivity index (χ3n) is 2.78. The minimum absolute atomic E-state index is 1.03. The maximum absolute atomic E-state index is 4.40. The normalized spacial score (nSPS) is 22.5. The van der Waals surface area contributed by atoms with Crippen molar-refractivity contribution in [2.45, 2.75) is 38.5 Å². The van der Waals surface area contributed by atoms with Crippen LogP contribution < -0.4 is 5.32 Å². The van der Waals surface area contributed by atoms with Crippen LogP contribution in [-0.4, -0.2) is 18.9 Å². The highest BCUT2D eigenvalue weighted by molar-refractivity contribution is 5.83. The summed E-state index contributed by atoms with van der Waals surface area (Å²) in [4.78, 5) is 4.40. The predicted octanol–water partition coefficient (Wildman–Crippen LogP) is 2.27. The van der Waals surface area contributed by atoms with Gasteiger partial charge in [0, 0.05) is 19.5 Å². The van der Waals surface area contributed by atoms with Crippen LogP contribution in [0.25, 0.3) is 0 Å². The average molecular weight is 178 g/mol. The minimum Gasteiger partial charge on any atom is -0.370 e. The van der Waals surface area contributed by atoms with E-state index in [2.05, 4.69) is 16.4 Å². The zero-order valence-corrected chi connectivity index (χ0v) is 8.18. The molecule has 72 valence electrons. The molecule has 0 aromatic heterocycles. The van der Waals surface area contributed by atoms with Crippen LogP contribution in [0.15, 0.2) is 16.6 Å². The molecular formula is C11H18N2. The van der Waals surface area contributed by atoms with Crippen LogP contribution in [0.4, 0.5) is 0 Å². The van der Waals surface area contributed by atoms with Crippen LogP contribution in [-0.2, 0) is 0 Å². The van der Waals surface area contributed by atoms with E-state index in [1.165, 1.54) is 37.9 Å². The van der Waals surface area contributed by atoms with Gasteiger partial charge in [-0.05, 0) is 32.1 Å². The molecule has 0 saturated carbocycles. The second-order valence-corrected chi connectivity index (χ2v) is 3.89. The maximum Gasteiger partial charge on any atom is 0.0966 e. The average Bonchev–Trinajstić information content (AvgIpc) is 2.69. The van der Waals surface area contributed by atoms with Crippen molar-refractivity contribution in [1.82, 2.24) is 5.32 Å². The van der Waals surface area contributed by atoms with Gasteiger partial charge in [-0.15, -0.1) is 0 Å². The fraction of sp³-hybridized carbons (Fsp3) is 0.727. The molecule has 0 unspecified atom stereocenters. The number of allylic oxidation sites excluding steroid dienone is 1. The molecule has 1 heterocycles. The summed E-state index contributed by atoms with van der Waals surface area (Å²) >= 11 is 0. The molecule has 1 N–H and O–H groups in total. The molecule has 1 aliphatic heterocycles. The van der Waals surface area contributed by atoms with Gasteiger partial charge in [0.2, 0.25) is 0 Å². The molecule has 0 bridgehead atoms. The SMILES string of the molecule is C1=C(CNC2=NCCC2)CCCC1. The standard InChI is InChI=1S/C11H18N2/c1-2-5-10(6-3-1)9-13-11-7-4-8-12-11/h5H,1-4,6-9H2,(H,12,13). The van der Waals surface area contributed by atoms with Crippen LogP contribution in [0, 0.1) is 0 Å². The Morgan fingerprint density at radius 3 is 2.92 bits per heavy atom. The first-order chi connectivity index (χ1) is 6.45. The molecule has 13 heavy (non-hydrogen) atoms. The summed E-state index contributed by atoms with van der Waals surface area (Å²) in [6, 6.07) is 0. The Hall–Kier alpha value is -0.790. The number of hydrogen-bond donors (Lipinski definition) is 1. The van der Waals surface area contributed by atoms with Gasteiger partial charge >= 0.3 is 0 Å². The summed E-state index contributed by atoms with van der Waals surface area (Å²) < 4.78 is 0. The number of aliphatic imine (C=N–C) groups is 1. The number of amidine groups is 1. The Balaban J connectivity index is 1.74. The fourth-order valence-corrected chi connectivity index (χ4v) is 1.96. The summed E-state index contributed by atoms with van der Waals surface area (Å²) in [5, 5.41) is 3.43. The lowest BCUT2D eigenvalue weighted by molar-refractivity contribution is 0.682. The van der Waals surface area contributed by atoms with Crippen molar-refractivity contribution in [3.63, 3.8) is 0 Å². The van der Waals surface area contributed by atoms with Crippen molar-refractivity contribution in [2.75, 3.05) is 13.1 Å². The second-order valence-electron chi connectivity index (χ2n) is 3.89. The van der Waals surface area contributed by atoms with E-state index in [4.69, 9.17) is 0 Å². The number of hydrogen-bond acceptors (Lipinski definition) is 2. The Morgan fingerprint density at radius 2 is 2.23 bits per heavy atom. The molecule has 0 amide bonds. The summed E-state index contributed by atoms with van der Waals surface area (Å²) in [6.45, 7) is 2.07. The van der Waals surface area contributed by atoms with E-state index in [-0.39, 0.29) is 0 Å². The Morgan fingerprint density at radius 1 is 1.23 bits per heavy atom. The summed E-state index contributed by atoms with van der Waals surface area (Å²) in [5.41, 5.74) is 1.58. The Bertz CT molecular complexity index is 228. The fourth-order valence-electron chi connectivity index (χ4n) is 1.96. The van der Waals surface area contributed by atoms with E-state index < -0.39 is 0 Å². The molecule has 0 spiro atoms. The first kappa shape index (κ1) is 8.79. The lowest BCUT2D eigenvalue weighted by Crippen LogP contribution is -2.24. The van der Waals surface area contributed by atoms with Crippen LogP contribution >= 0.6 is 0 Å². The van der Waals surface area contributed by atoms with Gasteiger partial charge in [0.15, 0.2) is 0 Å². The molecule has 0 aromatic carbocycles. The van der Waals surface area contributed by atoms with Gasteiger partial charge < -0.3 is 5.32 Å². The van der Waals surface area contributed by atoms with Crippen molar-refractivity contribution in [3.05, 3.63) is 11.6 Å². The highest BCUT2D eigenvalue weighted by Crippen LogP contribution is 2.16. The molecule has 2 nitrogen and oxygen atoms in total. The van der Waals surface area contributed by atoms with Crippen molar-refractivity contribution in [3.8, 4) is 0 Å². The monoisotopic (exact) mass is 178 g/mol. The molecule has 2 heteroatoms. The lowest BCUT2D eigenvalue weighted by atomic mass is 10.00. The highest BCUT2D eigenvalue weighted by Gasteiger charge is 2.07. The largest absolute Gasteiger partial charge is 0.370 e. The summed E-state index contributed by atoms with van der Waals surface area (Å²) in [7, 11) is 0. The number of rotatable bonds is 2. The molecule has 0 saturated heterocycles. The molecular weight excluding hydrogens is 160 g/mol. The summed E-state index contributed by atoms with van der Waals surface area (Å²) in [5.74, 6) is 1.23. The van der Waals surface area contributed by atoms with E-state index in [1.807, 2.05) is 0 Å². The summed E-state index contributed by atoms with van der Waals surface area (Å²) in [6.07, 6.45) is 10.1. The van der Waals surface area contributed by atoms with Gasteiger partial charge in [0.1, 0.15) is 0 Å². The molecule has 2 rings (SSSR count). The van der Waals surface area contributed by atoms with Gasteiger partial charge in [0.05, 0.1) is 5.84 Å². The Kier molecular flexibility index (Phi) is 3.01. The van der Waals surface area contributed by atoms with Crippen molar-refractivity contribution < 1.29 is 0 Å². The van der Waals surface area contributed by atoms with Crippen LogP contribution in [0.2, 0.25) is 0 Å². The third kappa shape index (κ3) is 2.58. The second kappa shape index (κ2) is 4.45. The number of nitrogens with one attached hydrogen (secondary N) is 1. The zero-order valence-electron chi connectivity index (χ0n) is 8.18.